The van der Waals surface area contributed by atoms with Crippen LogP contribution in [0.1, 0.15) is 26.2 Å². The number of carbonyl (C=O) groups is 3. The summed E-state index contributed by atoms with van der Waals surface area (Å²) in [6, 6.07) is 0. The van der Waals surface area contributed by atoms with Crippen molar-refractivity contribution in [2.75, 3.05) is 13.7 Å². The van der Waals surface area contributed by atoms with E-state index in [0.29, 0.717) is 0 Å². The van der Waals surface area contributed by atoms with Gasteiger partial charge >= 0.3 is 11.9 Å². The monoisotopic (exact) mass is 412 g/mol. The Hall–Kier alpha value is -2.07. The topological polar surface area (TPSA) is 151 Å². The van der Waals surface area contributed by atoms with Crippen LogP contribution in [0.3, 0.4) is 0 Å². The summed E-state index contributed by atoms with van der Waals surface area (Å²) in [5.41, 5.74) is -1.68. The Balaban J connectivity index is 2.42. The number of fused-ring (bicyclic) bond motifs is 1. The van der Waals surface area contributed by atoms with E-state index >= 15 is 0 Å². The molecule has 162 valence electrons. The van der Waals surface area contributed by atoms with E-state index in [4.69, 9.17) is 9.84 Å². The summed E-state index contributed by atoms with van der Waals surface area (Å²) >= 11 is 0. The molecule has 29 heavy (non-hydrogen) atoms. The normalized spacial score (nSPS) is 35.2. The number of hydrogen-bond donors (Lipinski definition) is 4. The molecule has 9 heteroatoms. The van der Waals surface area contributed by atoms with Crippen molar-refractivity contribution >= 4 is 17.7 Å². The molecule has 0 saturated heterocycles. The summed E-state index contributed by atoms with van der Waals surface area (Å²) < 4.78 is 10.1. The van der Waals surface area contributed by atoms with Gasteiger partial charge in [0.25, 0.3) is 0 Å². The quantitative estimate of drug-likeness (QED) is 0.327. The summed E-state index contributed by atoms with van der Waals surface area (Å²) in [5.74, 6) is -4.25. The molecule has 0 spiro atoms. The van der Waals surface area contributed by atoms with Crippen LogP contribution in [0.5, 0.6) is 0 Å². The molecule has 0 aromatic rings. The van der Waals surface area contributed by atoms with E-state index in [1.54, 1.807) is 6.92 Å². The number of methoxy groups -OCH3 is 1. The predicted molar refractivity (Wildman–Crippen MR) is 99.2 cm³/mol. The molecule has 2 fully saturated rings. The molecule has 7 atom stereocenters. The smallest absolute Gasteiger partial charge is 0.336 e. The van der Waals surface area contributed by atoms with Gasteiger partial charge in [0.1, 0.15) is 18.0 Å². The average molecular weight is 412 g/mol. The van der Waals surface area contributed by atoms with Gasteiger partial charge in [-0.1, -0.05) is 20.1 Å². The number of esters is 2. The molecular formula is C20H28O9. The van der Waals surface area contributed by atoms with Crippen molar-refractivity contribution in [3.05, 3.63) is 24.3 Å². The Morgan fingerprint density at radius 3 is 2.45 bits per heavy atom. The van der Waals surface area contributed by atoms with Crippen molar-refractivity contribution < 1.29 is 44.3 Å². The number of rotatable bonds is 6. The lowest BCUT2D eigenvalue weighted by Crippen LogP contribution is -2.62. The molecule has 0 bridgehead atoms. The third-order valence-corrected chi connectivity index (χ3v) is 6.18. The van der Waals surface area contributed by atoms with E-state index in [-0.39, 0.29) is 30.6 Å². The van der Waals surface area contributed by atoms with Crippen LogP contribution in [0.15, 0.2) is 24.3 Å². The van der Waals surface area contributed by atoms with Crippen molar-refractivity contribution in [3.63, 3.8) is 0 Å². The van der Waals surface area contributed by atoms with Crippen LogP contribution in [0.2, 0.25) is 0 Å². The molecule has 0 radical (unpaired) electrons. The molecule has 0 aromatic carbocycles. The molecule has 2 saturated carbocycles. The number of aliphatic hydroxyl groups is 4. The fourth-order valence-electron chi connectivity index (χ4n) is 4.44. The van der Waals surface area contributed by atoms with E-state index in [2.05, 4.69) is 17.9 Å². The number of Topliss-reactive ketones (excluding diaryl/α,β-unsaturated/α-hetero) is 1. The Labute approximate surface area is 168 Å². The van der Waals surface area contributed by atoms with Gasteiger partial charge in [0, 0.05) is 17.4 Å². The molecule has 0 unspecified atom stereocenters. The first-order valence-corrected chi connectivity index (χ1v) is 9.34. The fraction of sp³-hybridized carbons (Fsp3) is 0.650. The van der Waals surface area contributed by atoms with Crippen LogP contribution in [-0.4, -0.2) is 76.3 Å². The van der Waals surface area contributed by atoms with E-state index in [1.807, 2.05) is 0 Å². The summed E-state index contributed by atoms with van der Waals surface area (Å²) in [4.78, 5) is 37.0. The highest BCUT2D eigenvalue weighted by molar-refractivity contribution is 5.91. The number of aliphatic hydroxyl groups excluding tert-OH is 4. The van der Waals surface area contributed by atoms with Crippen LogP contribution in [-0.2, 0) is 23.9 Å². The Morgan fingerprint density at radius 1 is 1.28 bits per heavy atom. The zero-order chi connectivity index (χ0) is 22.1. The van der Waals surface area contributed by atoms with Crippen molar-refractivity contribution in [2.24, 2.45) is 17.3 Å². The maximum Gasteiger partial charge on any atom is 0.336 e. The van der Waals surface area contributed by atoms with Gasteiger partial charge in [-0.15, -0.1) is 0 Å². The SMILES string of the molecule is C=C(C(=O)OC)[C@@H]1[C@@H](O)[C@H]2C(=O)CC[C@@H](O)[C@@]2(C)C[C@H]1OC(=O)C(=C)[C@@H](O)CO. The maximum absolute atomic E-state index is 12.6. The number of carbonyl (C=O) groups excluding carboxylic acids is 3. The minimum absolute atomic E-state index is 0.0312. The molecule has 0 aromatic heterocycles. The summed E-state index contributed by atoms with van der Waals surface area (Å²) in [6.45, 7) is 7.92. The van der Waals surface area contributed by atoms with Gasteiger partial charge < -0.3 is 29.9 Å². The largest absolute Gasteiger partial charge is 0.466 e. The Bertz CT molecular complexity index is 715. The van der Waals surface area contributed by atoms with E-state index < -0.39 is 65.8 Å². The lowest BCUT2D eigenvalue weighted by atomic mass is 9.53. The van der Waals surface area contributed by atoms with Crippen LogP contribution in [0.4, 0.5) is 0 Å². The van der Waals surface area contributed by atoms with E-state index in [9.17, 15) is 29.7 Å². The van der Waals surface area contributed by atoms with Gasteiger partial charge in [0.15, 0.2) is 0 Å². The highest BCUT2D eigenvalue weighted by atomic mass is 16.5. The first-order chi connectivity index (χ1) is 13.5. The fourth-order valence-corrected chi connectivity index (χ4v) is 4.44. The Kier molecular flexibility index (Phi) is 7.00. The third kappa shape index (κ3) is 4.13. The molecule has 0 aliphatic heterocycles. The van der Waals surface area contributed by atoms with Gasteiger partial charge in [-0.2, -0.15) is 0 Å². The van der Waals surface area contributed by atoms with Gasteiger partial charge in [-0.25, -0.2) is 9.59 Å². The molecule has 2 rings (SSSR count). The van der Waals surface area contributed by atoms with Gasteiger partial charge in [0.05, 0.1) is 43.3 Å². The van der Waals surface area contributed by atoms with Gasteiger partial charge in [-0.3, -0.25) is 4.79 Å². The minimum atomic E-state index is -1.54. The second-order valence-corrected chi connectivity index (χ2v) is 7.91. The second-order valence-electron chi connectivity index (χ2n) is 7.91. The highest BCUT2D eigenvalue weighted by Gasteiger charge is 2.60. The molecule has 2 aliphatic carbocycles. The number of hydrogen-bond acceptors (Lipinski definition) is 9. The molecule has 0 amide bonds. The number of ketones is 1. The van der Waals surface area contributed by atoms with Crippen LogP contribution in [0, 0.1) is 17.3 Å². The van der Waals surface area contributed by atoms with Crippen LogP contribution < -0.4 is 0 Å². The molecule has 4 N–H and O–H groups in total. The zero-order valence-corrected chi connectivity index (χ0v) is 16.5. The minimum Gasteiger partial charge on any atom is -0.466 e. The van der Waals surface area contributed by atoms with Gasteiger partial charge in [-0.05, 0) is 12.8 Å². The first kappa shape index (κ1) is 23.2. The number of ether oxygens (including phenoxy) is 2. The molecule has 9 nitrogen and oxygen atoms in total. The maximum atomic E-state index is 12.6. The molecule has 0 heterocycles. The first-order valence-electron chi connectivity index (χ1n) is 9.34. The van der Waals surface area contributed by atoms with Crippen molar-refractivity contribution in [1.29, 1.82) is 0 Å². The molecule has 2 aliphatic rings. The lowest BCUT2D eigenvalue weighted by Gasteiger charge is -2.54. The van der Waals surface area contributed by atoms with Crippen LogP contribution >= 0.6 is 0 Å². The second kappa shape index (κ2) is 8.74. The summed E-state index contributed by atoms with van der Waals surface area (Å²) in [5, 5.41) is 40.2. The predicted octanol–water partition coefficient (Wildman–Crippen LogP) is -0.736. The standard InChI is InChI=1S/C20H28O9/c1-9(12(23)8-21)19(27)29-13-7-20(3)14(24)6-5-11(22)16(20)17(25)15(13)10(2)18(26)28-4/h12-17,21,23-25H,1-2,5-8H2,3-4H3/t12-,13+,14+,15-,16+,17+,20+/m0/s1. The van der Waals surface area contributed by atoms with E-state index in [0.717, 1.165) is 7.11 Å². The van der Waals surface area contributed by atoms with Crippen molar-refractivity contribution in [2.45, 2.75) is 50.6 Å². The summed E-state index contributed by atoms with van der Waals surface area (Å²) in [6.07, 6.45) is -4.80. The lowest BCUT2D eigenvalue weighted by molar-refractivity contribution is -0.189. The zero-order valence-electron chi connectivity index (χ0n) is 16.5. The van der Waals surface area contributed by atoms with Gasteiger partial charge in [0.2, 0.25) is 0 Å². The van der Waals surface area contributed by atoms with Crippen LogP contribution in [0.25, 0.3) is 0 Å². The Morgan fingerprint density at radius 2 is 1.90 bits per heavy atom. The van der Waals surface area contributed by atoms with E-state index in [1.165, 1.54) is 0 Å². The highest BCUT2D eigenvalue weighted by Crippen LogP contribution is 2.52. The van der Waals surface area contributed by atoms with Crippen molar-refractivity contribution in [3.8, 4) is 0 Å². The average Bonchev–Trinajstić information content (AvgIpc) is 2.68. The van der Waals surface area contributed by atoms with Crippen molar-refractivity contribution in [1.82, 2.24) is 0 Å². The molecular weight excluding hydrogens is 384 g/mol. The third-order valence-electron chi connectivity index (χ3n) is 6.18. The summed E-state index contributed by atoms with van der Waals surface area (Å²) in [7, 11) is 1.13.